The third kappa shape index (κ3) is 2.89. The van der Waals surface area contributed by atoms with Crippen LogP contribution in [0.3, 0.4) is 0 Å². The summed E-state index contributed by atoms with van der Waals surface area (Å²) in [5.74, 6) is 1.56. The highest BCUT2D eigenvalue weighted by molar-refractivity contribution is 5.83. The van der Waals surface area contributed by atoms with Gasteiger partial charge in [0, 0.05) is 6.04 Å². The summed E-state index contributed by atoms with van der Waals surface area (Å²) in [5.41, 5.74) is 0.961. The average molecular weight is 274 g/mol. The summed E-state index contributed by atoms with van der Waals surface area (Å²) in [6.07, 6.45) is 4.16. The Morgan fingerprint density at radius 2 is 2.00 bits per heavy atom. The zero-order valence-corrected chi connectivity index (χ0v) is 11.9. The van der Waals surface area contributed by atoms with Gasteiger partial charge in [0.1, 0.15) is 5.75 Å². The van der Waals surface area contributed by atoms with Gasteiger partial charge in [0.25, 0.3) is 5.91 Å². The molecule has 1 heterocycles. The number of ether oxygens (including phenoxy) is 1. The van der Waals surface area contributed by atoms with Crippen LogP contribution in [0.5, 0.6) is 5.75 Å². The van der Waals surface area contributed by atoms with E-state index in [-0.39, 0.29) is 5.91 Å². The largest absolute Gasteiger partial charge is 0.477 e. The van der Waals surface area contributed by atoms with Crippen LogP contribution in [-0.4, -0.2) is 24.6 Å². The number of carbonyl (C=O) groups excluding carboxylic acids is 1. The lowest BCUT2D eigenvalue weighted by molar-refractivity contribution is -0.128. The summed E-state index contributed by atoms with van der Waals surface area (Å²) < 4.78 is 5.78. The van der Waals surface area contributed by atoms with Crippen molar-refractivity contribution in [3.63, 3.8) is 0 Å². The molecule has 4 heteroatoms. The Labute approximate surface area is 119 Å². The number of amides is 1. The van der Waals surface area contributed by atoms with Crippen LogP contribution in [0.4, 0.5) is 5.69 Å². The highest BCUT2D eigenvalue weighted by Crippen LogP contribution is 2.28. The molecule has 1 saturated carbocycles. The molecule has 1 aliphatic carbocycles. The Kier molecular flexibility index (Phi) is 3.81. The van der Waals surface area contributed by atoms with Gasteiger partial charge >= 0.3 is 0 Å². The molecule has 1 aromatic rings. The van der Waals surface area contributed by atoms with E-state index in [9.17, 15) is 4.79 Å². The topological polar surface area (TPSA) is 50.4 Å². The second kappa shape index (κ2) is 5.73. The van der Waals surface area contributed by atoms with Crippen molar-refractivity contribution < 1.29 is 9.53 Å². The van der Waals surface area contributed by atoms with E-state index >= 15 is 0 Å². The van der Waals surface area contributed by atoms with Gasteiger partial charge in [0.15, 0.2) is 6.10 Å². The number of hydrogen-bond donors (Lipinski definition) is 2. The molecule has 2 aliphatic rings. The van der Waals surface area contributed by atoms with Crippen LogP contribution < -0.4 is 15.4 Å². The number of hydrogen-bond acceptors (Lipinski definition) is 3. The van der Waals surface area contributed by atoms with Crippen LogP contribution in [0.15, 0.2) is 24.3 Å². The van der Waals surface area contributed by atoms with E-state index in [1.807, 2.05) is 24.3 Å². The van der Waals surface area contributed by atoms with Gasteiger partial charge in [0.2, 0.25) is 0 Å². The van der Waals surface area contributed by atoms with E-state index < -0.39 is 6.10 Å². The summed E-state index contributed by atoms with van der Waals surface area (Å²) in [4.78, 5) is 12.3. The van der Waals surface area contributed by atoms with Gasteiger partial charge in [0.05, 0.1) is 12.2 Å². The van der Waals surface area contributed by atoms with Crippen LogP contribution >= 0.6 is 0 Å². The molecule has 20 heavy (non-hydrogen) atoms. The SMILES string of the molecule is CC1CCC(NC(=O)C2CNc3ccccc3O2)CC1. The van der Waals surface area contributed by atoms with Crippen LogP contribution in [0, 0.1) is 5.92 Å². The van der Waals surface area contributed by atoms with Gasteiger partial charge in [-0.25, -0.2) is 0 Å². The number of fused-ring (bicyclic) bond motifs is 1. The standard InChI is InChI=1S/C16H22N2O2/c1-11-6-8-12(9-7-11)18-16(19)15-10-17-13-4-2-3-5-14(13)20-15/h2-5,11-12,15,17H,6-10H2,1H3,(H,18,19). The maximum Gasteiger partial charge on any atom is 0.263 e. The first-order valence-electron chi connectivity index (χ1n) is 7.52. The molecule has 0 aromatic heterocycles. The van der Waals surface area contributed by atoms with Gasteiger partial charge in [-0.3, -0.25) is 4.79 Å². The van der Waals surface area contributed by atoms with Crippen molar-refractivity contribution in [2.45, 2.75) is 44.8 Å². The van der Waals surface area contributed by atoms with Crippen molar-refractivity contribution in [1.82, 2.24) is 5.32 Å². The molecule has 108 valence electrons. The normalized spacial score (nSPS) is 28.8. The molecule has 0 spiro atoms. The van der Waals surface area contributed by atoms with Crippen molar-refractivity contribution in [1.29, 1.82) is 0 Å². The van der Waals surface area contributed by atoms with Gasteiger partial charge < -0.3 is 15.4 Å². The summed E-state index contributed by atoms with van der Waals surface area (Å²) in [5, 5.41) is 6.39. The Balaban J connectivity index is 1.56. The van der Waals surface area contributed by atoms with Crippen LogP contribution in [0.25, 0.3) is 0 Å². The predicted molar refractivity (Wildman–Crippen MR) is 78.9 cm³/mol. The minimum absolute atomic E-state index is 0.00607. The fourth-order valence-corrected chi connectivity index (χ4v) is 2.96. The van der Waals surface area contributed by atoms with E-state index in [0.29, 0.717) is 12.6 Å². The molecule has 2 N–H and O–H groups in total. The zero-order valence-electron chi connectivity index (χ0n) is 11.9. The van der Waals surface area contributed by atoms with Gasteiger partial charge in [-0.1, -0.05) is 19.1 Å². The zero-order chi connectivity index (χ0) is 13.9. The van der Waals surface area contributed by atoms with E-state index in [1.54, 1.807) is 0 Å². The Morgan fingerprint density at radius 1 is 1.25 bits per heavy atom. The summed E-state index contributed by atoms with van der Waals surface area (Å²) >= 11 is 0. The molecule has 1 amide bonds. The quantitative estimate of drug-likeness (QED) is 0.871. The fourth-order valence-electron chi connectivity index (χ4n) is 2.96. The molecule has 3 rings (SSSR count). The first-order chi connectivity index (χ1) is 9.72. The van der Waals surface area contributed by atoms with Gasteiger partial charge in [-0.15, -0.1) is 0 Å². The first-order valence-corrected chi connectivity index (χ1v) is 7.52. The number of nitrogens with one attached hydrogen (secondary N) is 2. The maximum absolute atomic E-state index is 12.3. The van der Waals surface area contributed by atoms with Crippen molar-refractivity contribution >= 4 is 11.6 Å². The van der Waals surface area contributed by atoms with Crippen molar-refractivity contribution in [3.05, 3.63) is 24.3 Å². The second-order valence-corrected chi connectivity index (χ2v) is 5.95. The lowest BCUT2D eigenvalue weighted by Crippen LogP contribution is -2.48. The van der Waals surface area contributed by atoms with Crippen LogP contribution in [-0.2, 0) is 4.79 Å². The smallest absolute Gasteiger partial charge is 0.263 e. The van der Waals surface area contributed by atoms with E-state index in [1.165, 1.54) is 12.8 Å². The minimum Gasteiger partial charge on any atom is -0.477 e. The average Bonchev–Trinajstić information content (AvgIpc) is 2.49. The highest BCUT2D eigenvalue weighted by atomic mass is 16.5. The molecule has 0 saturated heterocycles. The molecule has 1 unspecified atom stereocenters. The molecule has 0 bridgehead atoms. The second-order valence-electron chi connectivity index (χ2n) is 5.95. The van der Waals surface area contributed by atoms with Gasteiger partial charge in [-0.05, 0) is 43.7 Å². The first kappa shape index (κ1) is 13.3. The highest BCUT2D eigenvalue weighted by Gasteiger charge is 2.28. The molecule has 1 fully saturated rings. The molecule has 1 aromatic carbocycles. The number of rotatable bonds is 2. The third-order valence-electron chi connectivity index (χ3n) is 4.29. The Hall–Kier alpha value is -1.71. The summed E-state index contributed by atoms with van der Waals surface area (Å²) in [7, 11) is 0. The number of benzene rings is 1. The molecular formula is C16H22N2O2. The van der Waals surface area contributed by atoms with Crippen LogP contribution in [0.1, 0.15) is 32.6 Å². The minimum atomic E-state index is -0.427. The monoisotopic (exact) mass is 274 g/mol. The van der Waals surface area contributed by atoms with E-state index in [4.69, 9.17) is 4.74 Å². The number of carbonyl (C=O) groups is 1. The van der Waals surface area contributed by atoms with Gasteiger partial charge in [-0.2, -0.15) is 0 Å². The summed E-state index contributed by atoms with van der Waals surface area (Å²) in [6, 6.07) is 8.05. The number of para-hydroxylation sites is 2. The summed E-state index contributed by atoms with van der Waals surface area (Å²) in [6.45, 7) is 2.81. The van der Waals surface area contributed by atoms with E-state index in [0.717, 1.165) is 30.2 Å². The third-order valence-corrected chi connectivity index (χ3v) is 4.29. The van der Waals surface area contributed by atoms with E-state index in [2.05, 4.69) is 17.6 Å². The predicted octanol–water partition coefficient (Wildman–Crippen LogP) is 2.55. The fraction of sp³-hybridized carbons (Fsp3) is 0.562. The maximum atomic E-state index is 12.3. The molecule has 0 radical (unpaired) electrons. The lowest BCUT2D eigenvalue weighted by atomic mass is 9.87. The molecule has 1 aliphatic heterocycles. The Morgan fingerprint density at radius 3 is 2.80 bits per heavy atom. The Bertz CT molecular complexity index is 481. The lowest BCUT2D eigenvalue weighted by Gasteiger charge is -2.30. The van der Waals surface area contributed by atoms with Crippen molar-refractivity contribution in [3.8, 4) is 5.75 Å². The molecular weight excluding hydrogens is 252 g/mol. The van der Waals surface area contributed by atoms with Crippen molar-refractivity contribution in [2.75, 3.05) is 11.9 Å². The molecule has 4 nitrogen and oxygen atoms in total. The number of anilines is 1. The van der Waals surface area contributed by atoms with Crippen LogP contribution in [0.2, 0.25) is 0 Å². The molecule has 1 atom stereocenters. The van der Waals surface area contributed by atoms with Crippen molar-refractivity contribution in [2.24, 2.45) is 5.92 Å².